The molecule has 1 heterocycles. The van der Waals surface area contributed by atoms with Gasteiger partial charge in [-0.25, -0.2) is 0 Å². The Balaban J connectivity index is 1.94. The minimum Gasteiger partial charge on any atom is -0.320 e. The lowest BCUT2D eigenvalue weighted by Gasteiger charge is -2.07. The standard InChI is InChI=1S/C13H7Cl2N3OS/c14-7-4-5-8(9(15)6-7)13(19)16-10-2-1-3-11-12(10)18-20-17-11/h1-6H,(H,16,19). The number of hydrogen-bond donors (Lipinski definition) is 1. The summed E-state index contributed by atoms with van der Waals surface area (Å²) in [5, 5.41) is 3.57. The van der Waals surface area contributed by atoms with Gasteiger partial charge in [0.15, 0.2) is 0 Å². The molecule has 1 N–H and O–H groups in total. The Morgan fingerprint density at radius 3 is 2.80 bits per heavy atom. The Kier molecular flexibility index (Phi) is 3.56. The van der Waals surface area contributed by atoms with Crippen LogP contribution in [0.25, 0.3) is 11.0 Å². The lowest BCUT2D eigenvalue weighted by atomic mass is 10.2. The number of anilines is 1. The molecule has 0 spiro atoms. The largest absolute Gasteiger partial charge is 0.320 e. The zero-order valence-corrected chi connectivity index (χ0v) is 12.3. The van der Waals surface area contributed by atoms with Gasteiger partial charge in [0.1, 0.15) is 11.0 Å². The maximum absolute atomic E-state index is 12.2. The van der Waals surface area contributed by atoms with Crippen LogP contribution in [-0.2, 0) is 0 Å². The van der Waals surface area contributed by atoms with Crippen LogP contribution in [0.4, 0.5) is 5.69 Å². The van der Waals surface area contributed by atoms with Gasteiger partial charge in [-0.1, -0.05) is 29.3 Å². The first-order valence-electron chi connectivity index (χ1n) is 5.63. The van der Waals surface area contributed by atoms with Crippen molar-refractivity contribution in [1.29, 1.82) is 0 Å². The minimum atomic E-state index is -0.313. The summed E-state index contributed by atoms with van der Waals surface area (Å²) in [6, 6.07) is 10.1. The molecule has 0 unspecified atom stereocenters. The van der Waals surface area contributed by atoms with Gasteiger partial charge in [-0.05, 0) is 30.3 Å². The van der Waals surface area contributed by atoms with Crippen LogP contribution >= 0.6 is 34.9 Å². The third kappa shape index (κ3) is 2.47. The molecule has 3 rings (SSSR count). The van der Waals surface area contributed by atoms with Gasteiger partial charge in [-0.2, -0.15) is 8.75 Å². The van der Waals surface area contributed by atoms with Crippen LogP contribution in [0.5, 0.6) is 0 Å². The second kappa shape index (κ2) is 5.36. The van der Waals surface area contributed by atoms with Crippen LogP contribution in [0.3, 0.4) is 0 Å². The van der Waals surface area contributed by atoms with Gasteiger partial charge in [0.25, 0.3) is 5.91 Å². The Morgan fingerprint density at radius 1 is 1.15 bits per heavy atom. The van der Waals surface area contributed by atoms with Gasteiger partial charge < -0.3 is 5.32 Å². The topological polar surface area (TPSA) is 54.9 Å². The molecule has 2 aromatic carbocycles. The van der Waals surface area contributed by atoms with Gasteiger partial charge in [0.05, 0.1) is 28.0 Å². The van der Waals surface area contributed by atoms with Crippen LogP contribution in [0.2, 0.25) is 10.0 Å². The summed E-state index contributed by atoms with van der Waals surface area (Å²) >= 11 is 12.9. The van der Waals surface area contributed by atoms with E-state index >= 15 is 0 Å². The number of fused-ring (bicyclic) bond motifs is 1. The normalized spacial score (nSPS) is 10.7. The fraction of sp³-hybridized carbons (Fsp3) is 0. The molecular weight excluding hydrogens is 317 g/mol. The minimum absolute atomic E-state index is 0.304. The summed E-state index contributed by atoms with van der Waals surface area (Å²) in [6.07, 6.45) is 0. The van der Waals surface area contributed by atoms with E-state index in [1.807, 2.05) is 12.1 Å². The van der Waals surface area contributed by atoms with Gasteiger partial charge in [-0.3, -0.25) is 4.79 Å². The van der Waals surface area contributed by atoms with Crippen molar-refractivity contribution in [2.75, 3.05) is 5.32 Å². The van der Waals surface area contributed by atoms with E-state index in [1.165, 1.54) is 6.07 Å². The second-order valence-electron chi connectivity index (χ2n) is 4.02. The van der Waals surface area contributed by atoms with Gasteiger partial charge in [0, 0.05) is 5.02 Å². The van der Waals surface area contributed by atoms with Crippen molar-refractivity contribution in [1.82, 2.24) is 8.75 Å². The van der Waals surface area contributed by atoms with Crippen LogP contribution in [0.1, 0.15) is 10.4 Å². The van der Waals surface area contributed by atoms with E-state index in [-0.39, 0.29) is 5.91 Å². The van der Waals surface area contributed by atoms with Crippen molar-refractivity contribution in [3.05, 3.63) is 52.0 Å². The average molecular weight is 324 g/mol. The van der Waals surface area contributed by atoms with Crippen LogP contribution < -0.4 is 5.32 Å². The first-order valence-corrected chi connectivity index (χ1v) is 7.11. The number of hydrogen-bond acceptors (Lipinski definition) is 4. The molecular formula is C13H7Cl2N3OS. The summed E-state index contributed by atoms with van der Waals surface area (Å²) in [5.74, 6) is -0.313. The second-order valence-corrected chi connectivity index (χ2v) is 5.39. The Bertz CT molecular complexity index is 803. The Morgan fingerprint density at radius 2 is 2.00 bits per heavy atom. The van der Waals surface area contributed by atoms with Crippen molar-refractivity contribution in [2.24, 2.45) is 0 Å². The predicted octanol–water partition coefficient (Wildman–Crippen LogP) is 4.25. The zero-order chi connectivity index (χ0) is 14.1. The number of benzene rings is 2. The van der Waals surface area contributed by atoms with Crippen LogP contribution in [0, 0.1) is 0 Å². The fourth-order valence-electron chi connectivity index (χ4n) is 1.77. The zero-order valence-electron chi connectivity index (χ0n) is 9.93. The first-order chi connectivity index (χ1) is 9.65. The molecule has 1 aromatic heterocycles. The van der Waals surface area contributed by atoms with E-state index in [2.05, 4.69) is 14.1 Å². The van der Waals surface area contributed by atoms with E-state index in [0.29, 0.717) is 26.8 Å². The lowest BCUT2D eigenvalue weighted by Crippen LogP contribution is -2.12. The molecule has 0 atom stereocenters. The molecule has 4 nitrogen and oxygen atoms in total. The van der Waals surface area contributed by atoms with Gasteiger partial charge in [0.2, 0.25) is 0 Å². The Hall–Kier alpha value is -1.69. The highest BCUT2D eigenvalue weighted by Gasteiger charge is 2.13. The van der Waals surface area contributed by atoms with E-state index < -0.39 is 0 Å². The molecule has 0 aliphatic heterocycles. The predicted molar refractivity (Wildman–Crippen MR) is 81.8 cm³/mol. The maximum Gasteiger partial charge on any atom is 0.257 e. The molecule has 1 amide bonds. The van der Waals surface area contributed by atoms with Crippen molar-refractivity contribution in [3.63, 3.8) is 0 Å². The number of nitrogens with zero attached hydrogens (tertiary/aromatic N) is 2. The summed E-state index contributed by atoms with van der Waals surface area (Å²) in [4.78, 5) is 12.2. The van der Waals surface area contributed by atoms with Crippen LogP contribution in [0.15, 0.2) is 36.4 Å². The summed E-state index contributed by atoms with van der Waals surface area (Å²) < 4.78 is 8.29. The highest BCUT2D eigenvalue weighted by molar-refractivity contribution is 7.00. The number of carbonyl (C=O) groups is 1. The molecule has 0 fully saturated rings. The molecule has 100 valence electrons. The van der Waals surface area contributed by atoms with Crippen molar-refractivity contribution >= 4 is 57.6 Å². The summed E-state index contributed by atoms with van der Waals surface area (Å²) in [7, 11) is 0. The number of rotatable bonds is 2. The number of aromatic nitrogens is 2. The molecule has 20 heavy (non-hydrogen) atoms. The third-order valence-corrected chi connectivity index (χ3v) is 3.80. The molecule has 3 aromatic rings. The summed E-state index contributed by atoms with van der Waals surface area (Å²) in [5.41, 5.74) is 2.37. The molecule has 0 radical (unpaired) electrons. The highest BCUT2D eigenvalue weighted by atomic mass is 35.5. The fourth-order valence-corrected chi connectivity index (χ4v) is 2.81. The molecule has 0 saturated heterocycles. The highest BCUT2D eigenvalue weighted by Crippen LogP contribution is 2.25. The molecule has 0 saturated carbocycles. The van der Waals surface area contributed by atoms with E-state index in [9.17, 15) is 4.79 Å². The smallest absolute Gasteiger partial charge is 0.257 e. The maximum atomic E-state index is 12.2. The van der Waals surface area contributed by atoms with E-state index in [1.54, 1.807) is 18.2 Å². The first kappa shape index (κ1) is 13.3. The van der Waals surface area contributed by atoms with E-state index in [4.69, 9.17) is 23.2 Å². The lowest BCUT2D eigenvalue weighted by molar-refractivity contribution is 0.102. The van der Waals surface area contributed by atoms with Gasteiger partial charge >= 0.3 is 0 Å². The van der Waals surface area contributed by atoms with Crippen molar-refractivity contribution in [2.45, 2.75) is 0 Å². The third-order valence-electron chi connectivity index (χ3n) is 2.71. The quantitative estimate of drug-likeness (QED) is 0.767. The SMILES string of the molecule is O=C(Nc1cccc2nsnc12)c1ccc(Cl)cc1Cl. The molecule has 0 bridgehead atoms. The van der Waals surface area contributed by atoms with Crippen molar-refractivity contribution in [3.8, 4) is 0 Å². The van der Waals surface area contributed by atoms with Crippen molar-refractivity contribution < 1.29 is 4.79 Å². The number of amides is 1. The molecule has 7 heteroatoms. The number of carbonyl (C=O) groups excluding carboxylic acids is 1. The number of nitrogens with one attached hydrogen (secondary N) is 1. The van der Waals surface area contributed by atoms with E-state index in [0.717, 1.165) is 17.2 Å². The van der Waals surface area contributed by atoms with Gasteiger partial charge in [-0.15, -0.1) is 0 Å². The van der Waals surface area contributed by atoms with Crippen LogP contribution in [-0.4, -0.2) is 14.7 Å². The Labute approximate surface area is 128 Å². The average Bonchev–Trinajstić information content (AvgIpc) is 2.87. The monoisotopic (exact) mass is 323 g/mol. The summed E-state index contributed by atoms with van der Waals surface area (Å²) in [6.45, 7) is 0. The molecule has 0 aliphatic carbocycles. The number of halogens is 2. The molecule has 0 aliphatic rings.